The van der Waals surface area contributed by atoms with Gasteiger partial charge < -0.3 is 9.73 Å². The molecule has 0 unspecified atom stereocenters. The fourth-order valence-corrected chi connectivity index (χ4v) is 3.83. The van der Waals surface area contributed by atoms with E-state index >= 15 is 0 Å². The molecule has 0 bridgehead atoms. The van der Waals surface area contributed by atoms with Crippen molar-refractivity contribution in [3.8, 4) is 0 Å². The molecule has 23 heavy (non-hydrogen) atoms. The van der Waals surface area contributed by atoms with Crippen LogP contribution in [0.5, 0.6) is 0 Å². The van der Waals surface area contributed by atoms with Crippen molar-refractivity contribution in [2.24, 2.45) is 0 Å². The van der Waals surface area contributed by atoms with E-state index in [4.69, 9.17) is 4.42 Å². The highest BCUT2D eigenvalue weighted by molar-refractivity contribution is 7.89. The lowest BCUT2D eigenvalue weighted by Crippen LogP contribution is -2.26. The molecule has 0 atom stereocenters. The van der Waals surface area contributed by atoms with E-state index in [2.05, 4.69) is 20.2 Å². The van der Waals surface area contributed by atoms with Gasteiger partial charge in [-0.1, -0.05) is 13.0 Å². The fourth-order valence-electron chi connectivity index (χ4n) is 2.25. The first-order valence-corrected chi connectivity index (χ1v) is 9.15. The Hall–Kier alpha value is -1.93. The summed E-state index contributed by atoms with van der Waals surface area (Å²) in [6.07, 6.45) is 2.51. The molecule has 2 aromatic rings. The quantitative estimate of drug-likeness (QED) is 0.802. The predicted molar refractivity (Wildman–Crippen MR) is 85.5 cm³/mol. The summed E-state index contributed by atoms with van der Waals surface area (Å²) in [5.74, 6) is 1.06. The van der Waals surface area contributed by atoms with E-state index in [9.17, 15) is 8.42 Å². The number of sulfonamides is 1. The molecule has 2 N–H and O–H groups in total. The Morgan fingerprint density at radius 1 is 1.26 bits per heavy atom. The van der Waals surface area contributed by atoms with E-state index in [0.29, 0.717) is 35.2 Å². The van der Waals surface area contributed by atoms with Gasteiger partial charge in [-0.25, -0.2) is 13.1 Å². The standard InChI is InChI=1S/C15H20N4O3S/c1-3-14-17-18-15(22-14)9-16-12-5-4-6-13(10(12)2)23(20,21)19-11-7-8-11/h4-6,11,16,19H,3,7-9H2,1-2H3. The normalized spacial score (nSPS) is 14.9. The van der Waals surface area contributed by atoms with Crippen molar-refractivity contribution in [2.75, 3.05) is 5.32 Å². The van der Waals surface area contributed by atoms with Gasteiger partial charge in [0.1, 0.15) is 0 Å². The van der Waals surface area contributed by atoms with Crippen LogP contribution in [0.15, 0.2) is 27.5 Å². The number of hydrogen-bond acceptors (Lipinski definition) is 6. The average Bonchev–Trinajstić information content (AvgIpc) is 3.19. The lowest BCUT2D eigenvalue weighted by molar-refractivity contribution is 0.460. The lowest BCUT2D eigenvalue weighted by Gasteiger charge is -2.13. The summed E-state index contributed by atoms with van der Waals surface area (Å²) < 4.78 is 32.9. The van der Waals surface area contributed by atoms with Crippen molar-refractivity contribution in [2.45, 2.75) is 50.6 Å². The van der Waals surface area contributed by atoms with Crippen LogP contribution in [-0.4, -0.2) is 24.7 Å². The van der Waals surface area contributed by atoms with Crippen molar-refractivity contribution in [3.05, 3.63) is 35.5 Å². The van der Waals surface area contributed by atoms with E-state index in [-0.39, 0.29) is 6.04 Å². The molecule has 1 fully saturated rings. The number of rotatable bonds is 7. The molecule has 1 aromatic carbocycles. The van der Waals surface area contributed by atoms with Crippen molar-refractivity contribution >= 4 is 15.7 Å². The Balaban J connectivity index is 1.76. The maximum Gasteiger partial charge on any atom is 0.241 e. The summed E-state index contributed by atoms with van der Waals surface area (Å²) in [6.45, 7) is 4.08. The van der Waals surface area contributed by atoms with E-state index in [1.165, 1.54) is 0 Å². The van der Waals surface area contributed by atoms with Crippen molar-refractivity contribution in [1.29, 1.82) is 0 Å². The second-order valence-corrected chi connectivity index (χ2v) is 7.30. The first kappa shape index (κ1) is 15.9. The molecule has 1 saturated carbocycles. The number of benzene rings is 1. The highest BCUT2D eigenvalue weighted by Gasteiger charge is 2.29. The van der Waals surface area contributed by atoms with Gasteiger partial charge in [0.2, 0.25) is 21.8 Å². The molecular formula is C15H20N4O3S. The zero-order chi connectivity index (χ0) is 16.4. The van der Waals surface area contributed by atoms with Gasteiger partial charge in [-0.05, 0) is 37.5 Å². The van der Waals surface area contributed by atoms with Gasteiger partial charge in [-0.2, -0.15) is 0 Å². The van der Waals surface area contributed by atoms with Gasteiger partial charge in [0.25, 0.3) is 0 Å². The van der Waals surface area contributed by atoms with Gasteiger partial charge in [-0.15, -0.1) is 10.2 Å². The molecule has 0 radical (unpaired) electrons. The first-order valence-electron chi connectivity index (χ1n) is 7.66. The molecule has 0 amide bonds. The summed E-state index contributed by atoms with van der Waals surface area (Å²) in [7, 11) is -3.47. The molecule has 1 aliphatic rings. The maximum absolute atomic E-state index is 12.4. The molecule has 124 valence electrons. The van der Waals surface area contributed by atoms with Crippen LogP contribution in [0.3, 0.4) is 0 Å². The minimum atomic E-state index is -3.47. The monoisotopic (exact) mass is 336 g/mol. The van der Waals surface area contributed by atoms with Crippen LogP contribution < -0.4 is 10.0 Å². The zero-order valence-electron chi connectivity index (χ0n) is 13.2. The van der Waals surface area contributed by atoms with Gasteiger partial charge in [0.05, 0.1) is 11.4 Å². The van der Waals surface area contributed by atoms with Gasteiger partial charge in [0, 0.05) is 18.2 Å². The van der Waals surface area contributed by atoms with Crippen LogP contribution in [-0.2, 0) is 23.0 Å². The number of anilines is 1. The third kappa shape index (κ3) is 3.70. The molecule has 8 heteroatoms. The maximum atomic E-state index is 12.4. The fraction of sp³-hybridized carbons (Fsp3) is 0.467. The molecule has 0 saturated heterocycles. The second kappa shape index (κ2) is 6.29. The molecule has 1 aromatic heterocycles. The Kier molecular flexibility index (Phi) is 4.36. The van der Waals surface area contributed by atoms with E-state index < -0.39 is 10.0 Å². The Morgan fingerprint density at radius 3 is 2.65 bits per heavy atom. The van der Waals surface area contributed by atoms with Crippen LogP contribution in [0.2, 0.25) is 0 Å². The first-order chi connectivity index (χ1) is 11.0. The Morgan fingerprint density at radius 2 is 2.00 bits per heavy atom. The van der Waals surface area contributed by atoms with E-state index in [1.54, 1.807) is 19.1 Å². The van der Waals surface area contributed by atoms with Crippen LogP contribution in [0.1, 0.15) is 37.1 Å². The van der Waals surface area contributed by atoms with Crippen LogP contribution in [0.25, 0.3) is 0 Å². The molecule has 1 heterocycles. The summed E-state index contributed by atoms with van der Waals surface area (Å²) in [4.78, 5) is 0.300. The smallest absolute Gasteiger partial charge is 0.241 e. The summed E-state index contributed by atoms with van der Waals surface area (Å²) in [5.41, 5.74) is 1.41. The second-order valence-electron chi connectivity index (χ2n) is 5.62. The Labute approximate surface area is 135 Å². The molecule has 3 rings (SSSR count). The summed E-state index contributed by atoms with van der Waals surface area (Å²) in [5, 5.41) is 11.0. The third-order valence-electron chi connectivity index (χ3n) is 3.71. The number of aromatic nitrogens is 2. The molecule has 7 nitrogen and oxygen atoms in total. The van der Waals surface area contributed by atoms with E-state index in [0.717, 1.165) is 18.5 Å². The predicted octanol–water partition coefficient (Wildman–Crippen LogP) is 1.99. The van der Waals surface area contributed by atoms with E-state index in [1.807, 2.05) is 13.0 Å². The van der Waals surface area contributed by atoms with Crippen molar-refractivity contribution in [3.63, 3.8) is 0 Å². The lowest BCUT2D eigenvalue weighted by atomic mass is 10.2. The largest absolute Gasteiger partial charge is 0.423 e. The summed E-state index contributed by atoms with van der Waals surface area (Å²) >= 11 is 0. The highest BCUT2D eigenvalue weighted by atomic mass is 32.2. The zero-order valence-corrected chi connectivity index (χ0v) is 14.0. The van der Waals surface area contributed by atoms with Crippen LogP contribution in [0, 0.1) is 6.92 Å². The SMILES string of the molecule is CCc1nnc(CNc2cccc(S(=O)(=O)NC3CC3)c2C)o1. The minimum Gasteiger partial charge on any atom is -0.423 e. The van der Waals surface area contributed by atoms with Crippen LogP contribution >= 0.6 is 0 Å². The van der Waals surface area contributed by atoms with Crippen molar-refractivity contribution < 1.29 is 12.8 Å². The molecule has 0 aliphatic heterocycles. The van der Waals surface area contributed by atoms with Gasteiger partial charge in [-0.3, -0.25) is 0 Å². The highest BCUT2D eigenvalue weighted by Crippen LogP contribution is 2.26. The van der Waals surface area contributed by atoms with Gasteiger partial charge in [0.15, 0.2) is 0 Å². The molecular weight excluding hydrogens is 316 g/mol. The number of nitrogens with zero attached hydrogens (tertiary/aromatic N) is 2. The Bertz CT molecular complexity index is 797. The molecule has 0 spiro atoms. The molecule has 1 aliphatic carbocycles. The van der Waals surface area contributed by atoms with Crippen molar-refractivity contribution in [1.82, 2.24) is 14.9 Å². The minimum absolute atomic E-state index is 0.0851. The number of nitrogens with one attached hydrogen (secondary N) is 2. The average molecular weight is 336 g/mol. The third-order valence-corrected chi connectivity index (χ3v) is 5.38. The number of aryl methyl sites for hydroxylation is 1. The number of hydrogen-bond donors (Lipinski definition) is 2. The summed E-state index contributed by atoms with van der Waals surface area (Å²) in [6, 6.07) is 5.26. The topological polar surface area (TPSA) is 97.1 Å². The van der Waals surface area contributed by atoms with Crippen LogP contribution in [0.4, 0.5) is 5.69 Å². The van der Waals surface area contributed by atoms with Gasteiger partial charge >= 0.3 is 0 Å².